The zero-order valence-corrected chi connectivity index (χ0v) is 15.0. The van der Waals surface area contributed by atoms with Gasteiger partial charge in [-0.1, -0.05) is 23.7 Å². The largest absolute Gasteiger partial charge is 0.336 e. The third kappa shape index (κ3) is 3.50. The molecule has 0 unspecified atom stereocenters. The van der Waals surface area contributed by atoms with Crippen molar-refractivity contribution in [1.29, 1.82) is 0 Å². The maximum Gasteiger partial charge on any atom is 0.321 e. The highest BCUT2D eigenvalue weighted by molar-refractivity contribution is 6.32. The smallest absolute Gasteiger partial charge is 0.321 e. The number of anilines is 2. The maximum atomic E-state index is 12.4. The lowest BCUT2D eigenvalue weighted by Gasteiger charge is -2.14. The van der Waals surface area contributed by atoms with Crippen LogP contribution in [-0.4, -0.2) is 34.8 Å². The standard InChI is InChI=1S/C19H16ClN5O2/c20-15-3-1-2-4-17(15)25-11-9-16(23-25)18(26)22-13-5-7-14(8-6-13)24-12-10-21-19(24)27/h1-9,11H,10,12H2,(H,21,27)(H,22,26). The Bertz CT molecular complexity index is 999. The van der Waals surface area contributed by atoms with Crippen LogP contribution < -0.4 is 15.5 Å². The number of nitrogens with zero attached hydrogens (tertiary/aromatic N) is 3. The second kappa shape index (κ2) is 7.13. The van der Waals surface area contributed by atoms with E-state index in [1.165, 1.54) is 0 Å². The first-order chi connectivity index (χ1) is 13.1. The molecule has 0 bridgehead atoms. The number of carbonyl (C=O) groups excluding carboxylic acids is 2. The lowest BCUT2D eigenvalue weighted by atomic mass is 10.2. The molecule has 1 saturated heterocycles. The highest BCUT2D eigenvalue weighted by Gasteiger charge is 2.21. The van der Waals surface area contributed by atoms with Gasteiger partial charge in [0.05, 0.1) is 10.7 Å². The molecule has 3 aromatic rings. The molecule has 136 valence electrons. The first-order valence-electron chi connectivity index (χ1n) is 8.39. The Morgan fingerprint density at radius 1 is 1.11 bits per heavy atom. The fraction of sp³-hybridized carbons (Fsp3) is 0.105. The van der Waals surface area contributed by atoms with Gasteiger partial charge in [-0.25, -0.2) is 9.48 Å². The Kier molecular flexibility index (Phi) is 4.52. The summed E-state index contributed by atoms with van der Waals surface area (Å²) in [6.45, 7) is 1.26. The number of hydrogen-bond acceptors (Lipinski definition) is 3. The fourth-order valence-corrected chi connectivity index (χ4v) is 3.08. The summed E-state index contributed by atoms with van der Waals surface area (Å²) in [5, 5.41) is 10.4. The van der Waals surface area contributed by atoms with Crippen LogP contribution in [0.5, 0.6) is 0 Å². The van der Waals surface area contributed by atoms with Crippen molar-refractivity contribution >= 4 is 34.9 Å². The molecule has 2 N–H and O–H groups in total. The zero-order chi connectivity index (χ0) is 18.8. The Balaban J connectivity index is 1.47. The van der Waals surface area contributed by atoms with E-state index in [4.69, 9.17) is 11.6 Å². The number of para-hydroxylation sites is 1. The molecule has 1 aliphatic rings. The van der Waals surface area contributed by atoms with Gasteiger partial charge >= 0.3 is 6.03 Å². The molecule has 2 heterocycles. The average Bonchev–Trinajstić information content (AvgIpc) is 3.32. The van der Waals surface area contributed by atoms with E-state index in [1.807, 2.05) is 18.2 Å². The van der Waals surface area contributed by atoms with E-state index >= 15 is 0 Å². The Morgan fingerprint density at radius 3 is 2.59 bits per heavy atom. The number of halogens is 1. The minimum atomic E-state index is -0.326. The van der Waals surface area contributed by atoms with Crippen molar-refractivity contribution in [1.82, 2.24) is 15.1 Å². The average molecular weight is 382 g/mol. The van der Waals surface area contributed by atoms with Gasteiger partial charge in [-0.05, 0) is 42.5 Å². The first-order valence-corrected chi connectivity index (χ1v) is 8.77. The van der Waals surface area contributed by atoms with Gasteiger partial charge in [0.2, 0.25) is 0 Å². The van der Waals surface area contributed by atoms with Crippen molar-refractivity contribution in [3.8, 4) is 5.69 Å². The monoisotopic (exact) mass is 381 g/mol. The number of urea groups is 1. The minimum absolute atomic E-state index is 0.114. The van der Waals surface area contributed by atoms with Gasteiger partial charge in [0.25, 0.3) is 5.91 Å². The third-order valence-corrected chi connectivity index (χ3v) is 4.53. The van der Waals surface area contributed by atoms with Gasteiger partial charge < -0.3 is 10.6 Å². The summed E-state index contributed by atoms with van der Waals surface area (Å²) >= 11 is 6.16. The molecular weight excluding hydrogens is 366 g/mol. The quantitative estimate of drug-likeness (QED) is 0.727. The van der Waals surface area contributed by atoms with E-state index in [-0.39, 0.29) is 17.6 Å². The number of benzene rings is 2. The van der Waals surface area contributed by atoms with Crippen molar-refractivity contribution in [3.05, 3.63) is 71.5 Å². The Hall–Kier alpha value is -3.32. The molecule has 2 aromatic carbocycles. The van der Waals surface area contributed by atoms with Crippen LogP contribution in [-0.2, 0) is 0 Å². The van der Waals surface area contributed by atoms with Crippen LogP contribution in [0.25, 0.3) is 5.69 Å². The summed E-state index contributed by atoms with van der Waals surface area (Å²) < 4.78 is 1.56. The molecule has 1 aromatic heterocycles. The van der Waals surface area contributed by atoms with E-state index in [2.05, 4.69) is 15.7 Å². The van der Waals surface area contributed by atoms with Gasteiger partial charge in [-0.15, -0.1) is 0 Å². The van der Waals surface area contributed by atoms with Crippen molar-refractivity contribution in [3.63, 3.8) is 0 Å². The molecule has 0 atom stereocenters. The molecule has 1 fully saturated rings. The number of nitrogens with one attached hydrogen (secondary N) is 2. The number of rotatable bonds is 4. The van der Waals surface area contributed by atoms with Gasteiger partial charge in [0, 0.05) is 30.7 Å². The third-order valence-electron chi connectivity index (χ3n) is 4.21. The van der Waals surface area contributed by atoms with E-state index < -0.39 is 0 Å². The summed E-state index contributed by atoms with van der Waals surface area (Å²) in [4.78, 5) is 25.8. The van der Waals surface area contributed by atoms with Crippen molar-refractivity contribution in [2.75, 3.05) is 23.3 Å². The van der Waals surface area contributed by atoms with Crippen LogP contribution in [0.15, 0.2) is 60.8 Å². The van der Waals surface area contributed by atoms with Gasteiger partial charge in [0.1, 0.15) is 0 Å². The van der Waals surface area contributed by atoms with E-state index in [0.717, 1.165) is 5.69 Å². The summed E-state index contributed by atoms with van der Waals surface area (Å²) in [6, 6.07) is 15.9. The molecule has 0 aliphatic carbocycles. The molecule has 3 amide bonds. The van der Waals surface area contributed by atoms with E-state index in [9.17, 15) is 9.59 Å². The number of hydrogen-bond donors (Lipinski definition) is 2. The van der Waals surface area contributed by atoms with Crippen molar-refractivity contribution in [2.45, 2.75) is 0 Å². The first kappa shape index (κ1) is 17.1. The zero-order valence-electron chi connectivity index (χ0n) is 14.2. The SMILES string of the molecule is O=C(Nc1ccc(N2CCNC2=O)cc1)c1ccn(-c2ccccc2Cl)n1. The molecule has 27 heavy (non-hydrogen) atoms. The molecule has 7 nitrogen and oxygen atoms in total. The predicted molar refractivity (Wildman–Crippen MR) is 104 cm³/mol. The molecule has 8 heteroatoms. The summed E-state index contributed by atoms with van der Waals surface area (Å²) in [6.07, 6.45) is 1.69. The number of carbonyl (C=O) groups is 2. The topological polar surface area (TPSA) is 79.3 Å². The van der Waals surface area contributed by atoms with Gasteiger partial charge in [-0.2, -0.15) is 5.10 Å². The second-order valence-electron chi connectivity index (χ2n) is 5.98. The van der Waals surface area contributed by atoms with E-state index in [0.29, 0.717) is 29.5 Å². The molecule has 1 aliphatic heterocycles. The molecule has 0 radical (unpaired) electrons. The van der Waals surface area contributed by atoms with Crippen LogP contribution in [0.3, 0.4) is 0 Å². The lowest BCUT2D eigenvalue weighted by Crippen LogP contribution is -2.27. The number of aromatic nitrogens is 2. The van der Waals surface area contributed by atoms with Crippen molar-refractivity contribution in [2.24, 2.45) is 0 Å². The van der Waals surface area contributed by atoms with Crippen molar-refractivity contribution < 1.29 is 9.59 Å². The summed E-state index contributed by atoms with van der Waals surface area (Å²) in [5.74, 6) is -0.326. The van der Waals surface area contributed by atoms with Crippen LogP contribution in [0, 0.1) is 0 Å². The molecule has 0 spiro atoms. The van der Waals surface area contributed by atoms with Crippen LogP contribution in [0.1, 0.15) is 10.5 Å². The second-order valence-corrected chi connectivity index (χ2v) is 6.39. The minimum Gasteiger partial charge on any atom is -0.336 e. The normalized spacial score (nSPS) is 13.5. The molecule has 0 saturated carbocycles. The summed E-state index contributed by atoms with van der Waals surface area (Å²) in [7, 11) is 0. The van der Waals surface area contributed by atoms with E-state index in [1.54, 1.807) is 52.2 Å². The van der Waals surface area contributed by atoms with Crippen LogP contribution in [0.2, 0.25) is 5.02 Å². The lowest BCUT2D eigenvalue weighted by molar-refractivity contribution is 0.102. The highest BCUT2D eigenvalue weighted by atomic mass is 35.5. The predicted octanol–water partition coefficient (Wildman–Crippen LogP) is 3.31. The molecular formula is C19H16ClN5O2. The van der Waals surface area contributed by atoms with Gasteiger partial charge in [0.15, 0.2) is 5.69 Å². The van der Waals surface area contributed by atoms with Crippen LogP contribution >= 0.6 is 11.6 Å². The fourth-order valence-electron chi connectivity index (χ4n) is 2.85. The van der Waals surface area contributed by atoms with Crippen LogP contribution in [0.4, 0.5) is 16.2 Å². The Morgan fingerprint density at radius 2 is 1.89 bits per heavy atom. The summed E-state index contributed by atoms with van der Waals surface area (Å²) in [5.41, 5.74) is 2.38. The Labute approximate surface area is 160 Å². The van der Waals surface area contributed by atoms with Gasteiger partial charge in [-0.3, -0.25) is 9.69 Å². The maximum absolute atomic E-state index is 12.4. The molecule has 4 rings (SSSR count). The number of amides is 3. The highest BCUT2D eigenvalue weighted by Crippen LogP contribution is 2.21.